The zero-order valence-corrected chi connectivity index (χ0v) is 23.6. The number of rotatable bonds is 6. The molecule has 12 nitrogen and oxygen atoms in total. The van der Waals surface area contributed by atoms with E-state index in [1.54, 1.807) is 82.8 Å². The largest absolute Gasteiger partial charge is 0.497 e. The van der Waals surface area contributed by atoms with Crippen molar-refractivity contribution in [2.24, 2.45) is 11.8 Å². The molecule has 4 amide bonds. The highest BCUT2D eigenvalue weighted by Gasteiger charge is 2.74. The minimum atomic E-state index is -1.02. The van der Waals surface area contributed by atoms with E-state index in [9.17, 15) is 19.2 Å². The average Bonchev–Trinajstić information content (AvgIpc) is 3.88. The minimum Gasteiger partial charge on any atom is -0.497 e. The maximum Gasteiger partial charge on any atom is 0.253 e. The van der Waals surface area contributed by atoms with E-state index >= 15 is 0 Å². The van der Waals surface area contributed by atoms with Gasteiger partial charge < -0.3 is 18.3 Å². The van der Waals surface area contributed by atoms with Gasteiger partial charge in [-0.15, -0.1) is 0 Å². The maximum absolute atomic E-state index is 14.3. The van der Waals surface area contributed by atoms with Crippen molar-refractivity contribution in [2.45, 2.75) is 24.2 Å². The fourth-order valence-electron chi connectivity index (χ4n) is 7.28. The second kappa shape index (κ2) is 9.66. The third-order valence-electron chi connectivity index (χ3n) is 9.06. The fourth-order valence-corrected chi connectivity index (χ4v) is 7.28. The lowest BCUT2D eigenvalue weighted by atomic mass is 9.87. The molecular formula is C32H26N4O8. The number of anilines is 2. The number of carbonyl (C=O) groups excluding carboxylic acids is 4. The van der Waals surface area contributed by atoms with Gasteiger partial charge in [0.25, 0.3) is 11.8 Å². The van der Waals surface area contributed by atoms with Crippen LogP contribution in [0, 0.1) is 11.8 Å². The van der Waals surface area contributed by atoms with Crippen LogP contribution in [0.25, 0.3) is 0 Å². The monoisotopic (exact) mass is 594 g/mol. The molecule has 4 aromatic rings. The lowest BCUT2D eigenvalue weighted by molar-refractivity contribution is -0.136. The number of imide groups is 2. The van der Waals surface area contributed by atoms with Crippen LogP contribution in [0.15, 0.2) is 94.2 Å². The number of ether oxygens (including phenoxy) is 2. The molecular weight excluding hydrogens is 568 g/mol. The smallest absolute Gasteiger partial charge is 0.253 e. The molecule has 0 unspecified atom stereocenters. The first-order chi connectivity index (χ1) is 21.4. The van der Waals surface area contributed by atoms with Gasteiger partial charge in [-0.25, -0.2) is 19.8 Å². The van der Waals surface area contributed by atoms with E-state index in [0.29, 0.717) is 34.4 Å². The molecule has 6 atom stereocenters. The summed E-state index contributed by atoms with van der Waals surface area (Å²) in [6, 6.07) is 16.4. The molecule has 4 fully saturated rings. The van der Waals surface area contributed by atoms with E-state index in [1.165, 1.54) is 36.5 Å². The van der Waals surface area contributed by atoms with Gasteiger partial charge in [0.15, 0.2) is 0 Å². The van der Waals surface area contributed by atoms with Crippen molar-refractivity contribution in [1.29, 1.82) is 0 Å². The molecule has 8 rings (SSSR count). The molecule has 44 heavy (non-hydrogen) atoms. The van der Waals surface area contributed by atoms with Crippen molar-refractivity contribution < 1.29 is 37.5 Å². The molecule has 2 aromatic carbocycles. The summed E-state index contributed by atoms with van der Waals surface area (Å²) < 4.78 is 22.2. The first-order valence-electron chi connectivity index (χ1n) is 14.1. The predicted molar refractivity (Wildman–Crippen MR) is 152 cm³/mol. The number of furan rings is 2. The summed E-state index contributed by atoms with van der Waals surface area (Å²) in [5, 5.41) is 3.44. The molecule has 12 heteroatoms. The number of nitrogens with zero attached hydrogens (tertiary/aromatic N) is 4. The number of hydrazine groups is 1. The van der Waals surface area contributed by atoms with Crippen LogP contribution >= 0.6 is 0 Å². The molecule has 2 aromatic heterocycles. The Bertz CT molecular complexity index is 1640. The van der Waals surface area contributed by atoms with Crippen molar-refractivity contribution in [1.82, 2.24) is 10.0 Å². The molecule has 0 bridgehead atoms. The molecule has 0 aliphatic carbocycles. The third kappa shape index (κ3) is 3.46. The van der Waals surface area contributed by atoms with Gasteiger partial charge >= 0.3 is 0 Å². The standard InChI is InChI=1S/C32H26N4O8/c1-41-19-11-7-17(8-12-19)33-29(37)23-25(21-5-3-15-43-21)36-28-24(26(22-6-4-16-44-22)35(36)27(23)31(33)39)30(38)34(32(28)40)18-9-13-20(42-2)14-10-18/h3-16,23-28H,1-2H3/t23-,24-,25+,26+,27-,28+/m1/s1. The molecule has 0 N–H and O–H groups in total. The maximum atomic E-state index is 14.3. The van der Waals surface area contributed by atoms with Crippen molar-refractivity contribution in [3.63, 3.8) is 0 Å². The van der Waals surface area contributed by atoms with Crippen molar-refractivity contribution in [3.05, 3.63) is 96.8 Å². The van der Waals surface area contributed by atoms with E-state index < -0.39 is 59.6 Å². The van der Waals surface area contributed by atoms with Crippen molar-refractivity contribution in [3.8, 4) is 11.5 Å². The highest BCUT2D eigenvalue weighted by molar-refractivity contribution is 6.26. The zero-order valence-electron chi connectivity index (χ0n) is 23.6. The quantitative estimate of drug-likeness (QED) is 0.307. The zero-order chi connectivity index (χ0) is 30.3. The first kappa shape index (κ1) is 26.4. The van der Waals surface area contributed by atoms with E-state index in [0.717, 1.165) is 0 Å². The van der Waals surface area contributed by atoms with Crippen LogP contribution in [-0.2, 0) is 19.2 Å². The summed E-state index contributed by atoms with van der Waals surface area (Å²) in [7, 11) is 3.07. The molecule has 222 valence electrons. The second-order valence-electron chi connectivity index (χ2n) is 11.0. The molecule has 0 saturated carbocycles. The van der Waals surface area contributed by atoms with E-state index in [2.05, 4.69) is 0 Å². The first-order valence-corrected chi connectivity index (χ1v) is 14.1. The van der Waals surface area contributed by atoms with Gasteiger partial charge in [0.1, 0.15) is 35.1 Å². The third-order valence-corrected chi connectivity index (χ3v) is 9.06. The van der Waals surface area contributed by atoms with Gasteiger partial charge in [0, 0.05) is 0 Å². The molecule has 0 radical (unpaired) electrons. The Balaban J connectivity index is 1.27. The topological polar surface area (TPSA) is 126 Å². The number of benzene rings is 2. The molecule has 0 spiro atoms. The van der Waals surface area contributed by atoms with Crippen molar-refractivity contribution in [2.75, 3.05) is 24.0 Å². The summed E-state index contributed by atoms with van der Waals surface area (Å²) in [6.07, 6.45) is 2.97. The van der Waals surface area contributed by atoms with Crippen LogP contribution < -0.4 is 19.3 Å². The normalized spacial score (nSPS) is 28.1. The number of carbonyl (C=O) groups is 4. The second-order valence-corrected chi connectivity index (χ2v) is 11.0. The Morgan fingerprint density at radius 1 is 0.523 bits per heavy atom. The average molecular weight is 595 g/mol. The van der Waals surface area contributed by atoms with Crippen LogP contribution in [0.1, 0.15) is 23.6 Å². The lowest BCUT2D eigenvalue weighted by Crippen LogP contribution is -2.50. The Hall–Kier alpha value is -5.20. The summed E-state index contributed by atoms with van der Waals surface area (Å²) in [6.45, 7) is 0. The van der Waals surface area contributed by atoms with E-state index in [1.807, 2.05) is 0 Å². The van der Waals surface area contributed by atoms with Crippen LogP contribution in [0.2, 0.25) is 0 Å². The predicted octanol–water partition coefficient (Wildman–Crippen LogP) is 3.33. The molecule has 6 heterocycles. The van der Waals surface area contributed by atoms with E-state index in [-0.39, 0.29) is 0 Å². The molecule has 4 aliphatic heterocycles. The van der Waals surface area contributed by atoms with Gasteiger partial charge in [0.2, 0.25) is 11.8 Å². The molecule has 4 aliphatic rings. The Morgan fingerprint density at radius 3 is 1.23 bits per heavy atom. The number of hydrogen-bond acceptors (Lipinski definition) is 10. The summed E-state index contributed by atoms with van der Waals surface area (Å²) >= 11 is 0. The van der Waals surface area contributed by atoms with Gasteiger partial charge in [-0.1, -0.05) is 0 Å². The van der Waals surface area contributed by atoms with Crippen LogP contribution in [0.3, 0.4) is 0 Å². The number of hydrogen-bond donors (Lipinski definition) is 0. The fraction of sp³-hybridized carbons (Fsp3) is 0.250. The van der Waals surface area contributed by atoms with Gasteiger partial charge in [-0.2, -0.15) is 0 Å². The summed E-state index contributed by atoms with van der Waals surface area (Å²) in [5.41, 5.74) is 0.790. The summed E-state index contributed by atoms with van der Waals surface area (Å²) in [4.78, 5) is 59.4. The number of fused-ring (bicyclic) bond motifs is 5. The Labute approximate surface area is 250 Å². The number of methoxy groups -OCH3 is 2. The van der Waals surface area contributed by atoms with Gasteiger partial charge in [-0.05, 0) is 72.8 Å². The van der Waals surface area contributed by atoms with Crippen molar-refractivity contribution >= 4 is 35.0 Å². The SMILES string of the molecule is COc1ccc(N2C(=O)[C@H]3[C@@H](C2=O)N2[C@@H](c4ccco4)[C@H]4C(=O)N(c5ccc(OC)cc5)C(=O)[C@@H]4N2[C@H]3c2ccco2)cc1. The highest BCUT2D eigenvalue weighted by Crippen LogP contribution is 2.59. The Kier molecular flexibility index (Phi) is 5.80. The highest BCUT2D eigenvalue weighted by atomic mass is 16.5. The minimum absolute atomic E-state index is 0.395. The van der Waals surface area contributed by atoms with Gasteiger partial charge in [-0.3, -0.25) is 19.2 Å². The van der Waals surface area contributed by atoms with E-state index in [4.69, 9.17) is 18.3 Å². The molecule has 4 saturated heterocycles. The Morgan fingerprint density at radius 2 is 0.909 bits per heavy atom. The van der Waals surface area contributed by atoms with Crippen LogP contribution in [0.5, 0.6) is 11.5 Å². The van der Waals surface area contributed by atoms with Gasteiger partial charge in [0.05, 0.1) is 62.0 Å². The van der Waals surface area contributed by atoms with Crippen LogP contribution in [0.4, 0.5) is 11.4 Å². The lowest BCUT2D eigenvalue weighted by Gasteiger charge is -2.34. The summed E-state index contributed by atoms with van der Waals surface area (Å²) in [5.74, 6) is -1.67. The van der Waals surface area contributed by atoms with Crippen LogP contribution in [-0.4, -0.2) is 59.9 Å². The number of amides is 4.